The Balaban J connectivity index is 3.70. The van der Waals surface area contributed by atoms with E-state index in [1.165, 1.54) is 7.05 Å². The molecular formula is C6H11N3O3S. The van der Waals surface area contributed by atoms with Crippen molar-refractivity contribution in [3.8, 4) is 6.07 Å². The molecule has 0 radical (unpaired) electrons. The Morgan fingerprint density at radius 3 is 2.62 bits per heavy atom. The SMILES string of the molecule is CNS(=O)(=O)CCNC(=O)CC#N. The van der Waals surface area contributed by atoms with Crippen molar-refractivity contribution in [3.05, 3.63) is 0 Å². The quantitative estimate of drug-likeness (QED) is 0.574. The molecule has 0 aliphatic carbocycles. The minimum Gasteiger partial charge on any atom is -0.354 e. The summed E-state index contributed by atoms with van der Waals surface area (Å²) >= 11 is 0. The molecule has 0 atom stereocenters. The van der Waals surface area contributed by atoms with Gasteiger partial charge < -0.3 is 5.32 Å². The molecule has 0 bridgehead atoms. The van der Waals surface area contributed by atoms with Crippen LogP contribution in [0.3, 0.4) is 0 Å². The van der Waals surface area contributed by atoms with Gasteiger partial charge in [0.25, 0.3) is 0 Å². The molecule has 0 unspecified atom stereocenters. The van der Waals surface area contributed by atoms with Gasteiger partial charge in [-0.15, -0.1) is 0 Å². The van der Waals surface area contributed by atoms with Crippen molar-refractivity contribution < 1.29 is 13.2 Å². The molecule has 0 spiro atoms. The van der Waals surface area contributed by atoms with Gasteiger partial charge in [0.15, 0.2) is 0 Å². The maximum atomic E-state index is 10.8. The summed E-state index contributed by atoms with van der Waals surface area (Å²) < 4.78 is 23.7. The van der Waals surface area contributed by atoms with Crippen LogP contribution >= 0.6 is 0 Å². The Morgan fingerprint density at radius 1 is 1.54 bits per heavy atom. The van der Waals surface area contributed by atoms with Gasteiger partial charge in [-0.25, -0.2) is 13.1 Å². The number of hydrogen-bond acceptors (Lipinski definition) is 4. The van der Waals surface area contributed by atoms with E-state index in [9.17, 15) is 13.2 Å². The third-order valence-electron chi connectivity index (χ3n) is 1.24. The highest BCUT2D eigenvalue weighted by Crippen LogP contribution is 1.80. The van der Waals surface area contributed by atoms with E-state index in [-0.39, 0.29) is 18.7 Å². The van der Waals surface area contributed by atoms with Gasteiger partial charge in [0.05, 0.1) is 11.8 Å². The topological polar surface area (TPSA) is 99.1 Å². The molecule has 0 fully saturated rings. The Bertz CT molecular complexity index is 304. The van der Waals surface area contributed by atoms with Crippen LogP contribution in [-0.4, -0.2) is 33.7 Å². The highest BCUT2D eigenvalue weighted by Gasteiger charge is 2.07. The smallest absolute Gasteiger partial charge is 0.234 e. The van der Waals surface area contributed by atoms with Crippen molar-refractivity contribution in [2.24, 2.45) is 0 Å². The molecule has 0 aliphatic rings. The van der Waals surface area contributed by atoms with Gasteiger partial charge in [0, 0.05) is 6.54 Å². The lowest BCUT2D eigenvalue weighted by atomic mass is 10.4. The second kappa shape index (κ2) is 5.50. The van der Waals surface area contributed by atoms with Crippen LogP contribution in [0, 0.1) is 11.3 Å². The zero-order valence-corrected chi connectivity index (χ0v) is 8.02. The minimum absolute atomic E-state index is 0.0175. The zero-order chi connectivity index (χ0) is 10.3. The number of nitrogens with zero attached hydrogens (tertiary/aromatic N) is 1. The predicted molar refractivity (Wildman–Crippen MR) is 46.1 cm³/mol. The van der Waals surface area contributed by atoms with Crippen molar-refractivity contribution in [3.63, 3.8) is 0 Å². The summed E-state index contributed by atoms with van der Waals surface area (Å²) in [6, 6.07) is 1.65. The first-order valence-electron chi connectivity index (χ1n) is 3.56. The number of nitriles is 1. The van der Waals surface area contributed by atoms with Crippen LogP contribution in [0.1, 0.15) is 6.42 Å². The Hall–Kier alpha value is -1.13. The minimum atomic E-state index is -3.28. The van der Waals surface area contributed by atoms with E-state index >= 15 is 0 Å². The molecular weight excluding hydrogens is 194 g/mol. The lowest BCUT2D eigenvalue weighted by molar-refractivity contribution is -0.119. The van der Waals surface area contributed by atoms with E-state index in [1.807, 2.05) is 0 Å². The molecule has 0 aromatic rings. The molecule has 6 nitrogen and oxygen atoms in total. The first-order chi connectivity index (χ1) is 6.02. The maximum absolute atomic E-state index is 10.8. The summed E-state index contributed by atoms with van der Waals surface area (Å²) in [5.41, 5.74) is 0. The van der Waals surface area contributed by atoms with Crippen molar-refractivity contribution in [2.45, 2.75) is 6.42 Å². The molecule has 2 N–H and O–H groups in total. The first-order valence-corrected chi connectivity index (χ1v) is 5.22. The number of rotatable bonds is 5. The van der Waals surface area contributed by atoms with Gasteiger partial charge in [-0.1, -0.05) is 0 Å². The van der Waals surface area contributed by atoms with Crippen LogP contribution in [0.2, 0.25) is 0 Å². The highest BCUT2D eigenvalue weighted by atomic mass is 32.2. The number of nitrogens with one attached hydrogen (secondary N) is 2. The number of carbonyl (C=O) groups excluding carboxylic acids is 1. The second-order valence-electron chi connectivity index (χ2n) is 2.21. The molecule has 0 aliphatic heterocycles. The molecule has 7 heteroatoms. The van der Waals surface area contributed by atoms with Crippen molar-refractivity contribution in [2.75, 3.05) is 19.3 Å². The standard InChI is InChI=1S/C6H11N3O3S/c1-8-13(11,12)5-4-9-6(10)2-3-7/h8H,2,4-5H2,1H3,(H,9,10). The Morgan fingerprint density at radius 2 is 2.15 bits per heavy atom. The van der Waals surface area contributed by atoms with Gasteiger partial charge in [-0.3, -0.25) is 4.79 Å². The van der Waals surface area contributed by atoms with Gasteiger partial charge in [0.2, 0.25) is 15.9 Å². The molecule has 1 amide bonds. The fourth-order valence-electron chi connectivity index (χ4n) is 0.561. The van der Waals surface area contributed by atoms with Crippen LogP contribution in [0.5, 0.6) is 0 Å². The second-order valence-corrected chi connectivity index (χ2v) is 4.25. The highest BCUT2D eigenvalue weighted by molar-refractivity contribution is 7.89. The summed E-state index contributed by atoms with van der Waals surface area (Å²) in [4.78, 5) is 10.7. The van der Waals surface area contributed by atoms with E-state index in [0.29, 0.717) is 0 Å². The van der Waals surface area contributed by atoms with Crippen molar-refractivity contribution >= 4 is 15.9 Å². The third kappa shape index (κ3) is 6.07. The zero-order valence-electron chi connectivity index (χ0n) is 7.20. The van der Waals surface area contributed by atoms with Crippen molar-refractivity contribution in [1.82, 2.24) is 10.0 Å². The van der Waals surface area contributed by atoms with Gasteiger partial charge in [0.1, 0.15) is 6.42 Å². The lowest BCUT2D eigenvalue weighted by Gasteiger charge is -2.02. The van der Waals surface area contributed by atoms with E-state index in [2.05, 4.69) is 10.0 Å². The monoisotopic (exact) mass is 205 g/mol. The number of sulfonamides is 1. The molecule has 74 valence electrons. The third-order valence-corrected chi connectivity index (χ3v) is 2.61. The number of hydrogen-bond donors (Lipinski definition) is 2. The summed E-state index contributed by atoms with van der Waals surface area (Å²) in [6.45, 7) is 0.0175. The normalized spacial score (nSPS) is 10.5. The molecule has 0 saturated carbocycles. The average molecular weight is 205 g/mol. The van der Waals surface area contributed by atoms with E-state index in [0.717, 1.165) is 0 Å². The number of carbonyl (C=O) groups is 1. The predicted octanol–water partition coefficient (Wildman–Crippen LogP) is -1.43. The fraction of sp³-hybridized carbons (Fsp3) is 0.667. The van der Waals surface area contributed by atoms with Crippen LogP contribution in [0.15, 0.2) is 0 Å². The van der Waals surface area contributed by atoms with Crippen LogP contribution in [-0.2, 0) is 14.8 Å². The first kappa shape index (κ1) is 11.9. The average Bonchev–Trinajstić information content (AvgIpc) is 2.05. The number of amides is 1. The molecule has 0 rings (SSSR count). The summed E-state index contributed by atoms with van der Waals surface area (Å²) in [5, 5.41) is 10.4. The van der Waals surface area contributed by atoms with Gasteiger partial charge in [-0.05, 0) is 7.05 Å². The van der Waals surface area contributed by atoms with Crippen LogP contribution in [0.25, 0.3) is 0 Å². The van der Waals surface area contributed by atoms with Gasteiger partial charge >= 0.3 is 0 Å². The molecule has 13 heavy (non-hydrogen) atoms. The molecule has 0 aromatic heterocycles. The Kier molecular flexibility index (Phi) is 5.03. The molecule has 0 heterocycles. The summed E-state index contributed by atoms with van der Waals surface area (Å²) in [6.07, 6.45) is -0.250. The van der Waals surface area contributed by atoms with Gasteiger partial charge in [-0.2, -0.15) is 5.26 Å². The maximum Gasteiger partial charge on any atom is 0.234 e. The largest absolute Gasteiger partial charge is 0.354 e. The van der Waals surface area contributed by atoms with E-state index in [1.54, 1.807) is 6.07 Å². The molecule has 0 saturated heterocycles. The fourth-order valence-corrected chi connectivity index (χ4v) is 1.14. The lowest BCUT2D eigenvalue weighted by Crippen LogP contribution is -2.32. The van der Waals surface area contributed by atoms with Crippen LogP contribution < -0.4 is 10.0 Å². The molecule has 0 aromatic carbocycles. The summed E-state index contributed by atoms with van der Waals surface area (Å²) in [7, 11) is -1.98. The van der Waals surface area contributed by atoms with E-state index < -0.39 is 15.9 Å². The van der Waals surface area contributed by atoms with Crippen LogP contribution in [0.4, 0.5) is 0 Å². The van der Waals surface area contributed by atoms with Crippen molar-refractivity contribution in [1.29, 1.82) is 5.26 Å². The Labute approximate surface area is 77.0 Å². The summed E-state index contributed by atoms with van der Waals surface area (Å²) in [5.74, 6) is -0.644. The van der Waals surface area contributed by atoms with E-state index in [4.69, 9.17) is 5.26 Å².